The van der Waals surface area contributed by atoms with Crippen molar-refractivity contribution < 1.29 is 8.42 Å². The summed E-state index contributed by atoms with van der Waals surface area (Å²) in [6.07, 6.45) is 3.61. The van der Waals surface area contributed by atoms with Crippen LogP contribution >= 0.6 is 11.3 Å². The Morgan fingerprint density at radius 3 is 2.43 bits per heavy atom. The summed E-state index contributed by atoms with van der Waals surface area (Å²) in [5.41, 5.74) is -0.0341. The van der Waals surface area contributed by atoms with Crippen LogP contribution in [0, 0.1) is 0 Å². The van der Waals surface area contributed by atoms with Crippen molar-refractivity contribution in [2.45, 2.75) is 36.8 Å². The Kier molecular flexibility index (Phi) is 3.02. The van der Waals surface area contributed by atoms with Crippen LogP contribution in [0.3, 0.4) is 0 Å². The molecule has 0 amide bonds. The molecule has 0 unspecified atom stereocenters. The van der Waals surface area contributed by atoms with E-state index in [4.69, 9.17) is 0 Å². The van der Waals surface area contributed by atoms with E-state index in [2.05, 4.69) is 25.8 Å². The van der Waals surface area contributed by atoms with Crippen LogP contribution in [0.2, 0.25) is 0 Å². The fourth-order valence-electron chi connectivity index (χ4n) is 0.895. The van der Waals surface area contributed by atoms with Gasteiger partial charge < -0.3 is 0 Å². The Bertz CT molecular complexity index is 418. The van der Waals surface area contributed by atoms with Crippen LogP contribution in [0.15, 0.2) is 10.4 Å². The topological polar surface area (TPSA) is 47.0 Å². The molecule has 1 aromatic rings. The SMILES string of the molecule is CCC(C)(C)c1ncc(S(C)(=O)=O)s1. The number of rotatable bonds is 3. The third kappa shape index (κ3) is 2.33. The Hall–Kier alpha value is -0.420. The van der Waals surface area contributed by atoms with E-state index in [1.807, 2.05) is 0 Å². The van der Waals surface area contributed by atoms with E-state index in [0.29, 0.717) is 4.21 Å². The first-order chi connectivity index (χ1) is 6.27. The van der Waals surface area contributed by atoms with Crippen LogP contribution in [0.5, 0.6) is 0 Å². The molecule has 0 aliphatic carbocycles. The molecule has 14 heavy (non-hydrogen) atoms. The summed E-state index contributed by atoms with van der Waals surface area (Å²) in [6.45, 7) is 6.21. The highest BCUT2D eigenvalue weighted by Crippen LogP contribution is 2.31. The van der Waals surface area contributed by atoms with Crippen LogP contribution in [0.4, 0.5) is 0 Å². The van der Waals surface area contributed by atoms with E-state index >= 15 is 0 Å². The van der Waals surface area contributed by atoms with Gasteiger partial charge in [0.15, 0.2) is 9.84 Å². The third-order valence-electron chi connectivity index (χ3n) is 2.31. The largest absolute Gasteiger partial charge is 0.248 e. The van der Waals surface area contributed by atoms with Crippen molar-refractivity contribution in [2.75, 3.05) is 6.26 Å². The monoisotopic (exact) mass is 233 g/mol. The van der Waals surface area contributed by atoms with Crippen LogP contribution in [0.1, 0.15) is 32.2 Å². The molecule has 0 spiro atoms. The van der Waals surface area contributed by atoms with Gasteiger partial charge in [-0.25, -0.2) is 13.4 Å². The van der Waals surface area contributed by atoms with Gasteiger partial charge in [0.25, 0.3) is 0 Å². The zero-order valence-electron chi connectivity index (χ0n) is 8.86. The number of hydrogen-bond acceptors (Lipinski definition) is 4. The van der Waals surface area contributed by atoms with Crippen molar-refractivity contribution in [3.05, 3.63) is 11.2 Å². The molecule has 1 rings (SSSR count). The molecule has 80 valence electrons. The fourth-order valence-corrected chi connectivity index (χ4v) is 2.80. The molecule has 0 aromatic carbocycles. The number of aromatic nitrogens is 1. The number of hydrogen-bond donors (Lipinski definition) is 0. The number of nitrogens with zero attached hydrogens (tertiary/aromatic N) is 1. The minimum absolute atomic E-state index is 0.0341. The maximum atomic E-state index is 11.2. The lowest BCUT2D eigenvalue weighted by Crippen LogP contribution is -2.14. The smallest absolute Gasteiger partial charge is 0.186 e. The maximum Gasteiger partial charge on any atom is 0.186 e. The van der Waals surface area contributed by atoms with Gasteiger partial charge >= 0.3 is 0 Å². The lowest BCUT2D eigenvalue weighted by Gasteiger charge is -2.18. The Morgan fingerprint density at radius 2 is 2.07 bits per heavy atom. The van der Waals surface area contributed by atoms with Crippen molar-refractivity contribution in [1.82, 2.24) is 4.98 Å². The van der Waals surface area contributed by atoms with Crippen molar-refractivity contribution in [3.8, 4) is 0 Å². The molecule has 0 radical (unpaired) electrons. The molecule has 0 bridgehead atoms. The Morgan fingerprint density at radius 1 is 1.50 bits per heavy atom. The molecule has 0 aliphatic heterocycles. The molecule has 5 heteroatoms. The van der Waals surface area contributed by atoms with Crippen LogP contribution in [0.25, 0.3) is 0 Å². The van der Waals surface area contributed by atoms with Crippen molar-refractivity contribution in [1.29, 1.82) is 0 Å². The zero-order chi connectivity index (χ0) is 11.0. The molecule has 0 fully saturated rings. The minimum Gasteiger partial charge on any atom is -0.248 e. The Balaban J connectivity index is 3.13. The van der Waals surface area contributed by atoms with Crippen molar-refractivity contribution in [2.24, 2.45) is 0 Å². The van der Waals surface area contributed by atoms with Gasteiger partial charge in [-0.15, -0.1) is 11.3 Å². The molecule has 0 atom stereocenters. The van der Waals surface area contributed by atoms with E-state index < -0.39 is 9.84 Å². The quantitative estimate of drug-likeness (QED) is 0.804. The van der Waals surface area contributed by atoms with E-state index in [-0.39, 0.29) is 5.41 Å². The average molecular weight is 233 g/mol. The van der Waals surface area contributed by atoms with Gasteiger partial charge in [-0.1, -0.05) is 20.8 Å². The van der Waals surface area contributed by atoms with Crippen LogP contribution in [-0.4, -0.2) is 19.7 Å². The standard InChI is InChI=1S/C9H15NO2S2/c1-5-9(2,3)8-10-6-7(13-8)14(4,11)12/h6H,5H2,1-4H3. The second-order valence-corrected chi connectivity index (χ2v) is 7.27. The lowest BCUT2D eigenvalue weighted by atomic mass is 9.91. The van der Waals surface area contributed by atoms with Gasteiger partial charge in [-0.2, -0.15) is 0 Å². The average Bonchev–Trinajstić information content (AvgIpc) is 2.51. The predicted octanol–water partition coefficient (Wildman–Crippen LogP) is 2.23. The summed E-state index contributed by atoms with van der Waals surface area (Å²) < 4.78 is 22.8. The summed E-state index contributed by atoms with van der Waals surface area (Å²) in [4.78, 5) is 4.16. The molecule has 1 heterocycles. The molecule has 1 aromatic heterocycles. The zero-order valence-corrected chi connectivity index (χ0v) is 10.5. The van der Waals surface area contributed by atoms with E-state index in [9.17, 15) is 8.42 Å². The van der Waals surface area contributed by atoms with E-state index in [1.54, 1.807) is 0 Å². The van der Waals surface area contributed by atoms with Gasteiger partial charge in [0.2, 0.25) is 0 Å². The summed E-state index contributed by atoms with van der Waals surface area (Å²) in [7, 11) is -3.09. The van der Waals surface area contributed by atoms with Gasteiger partial charge in [0, 0.05) is 11.7 Å². The summed E-state index contributed by atoms with van der Waals surface area (Å²) in [5.74, 6) is 0. The highest BCUT2D eigenvalue weighted by atomic mass is 32.2. The number of thiazole rings is 1. The van der Waals surface area contributed by atoms with Gasteiger partial charge in [-0.3, -0.25) is 0 Å². The second-order valence-electron chi connectivity index (χ2n) is 3.99. The number of sulfone groups is 1. The maximum absolute atomic E-state index is 11.2. The van der Waals surface area contributed by atoms with Gasteiger partial charge in [-0.05, 0) is 6.42 Å². The van der Waals surface area contributed by atoms with Crippen molar-refractivity contribution in [3.63, 3.8) is 0 Å². The fraction of sp³-hybridized carbons (Fsp3) is 0.667. The molecule has 3 nitrogen and oxygen atoms in total. The first kappa shape index (κ1) is 11.7. The van der Waals surface area contributed by atoms with E-state index in [1.165, 1.54) is 23.8 Å². The summed E-state index contributed by atoms with van der Waals surface area (Å²) >= 11 is 1.27. The third-order valence-corrected chi connectivity index (χ3v) is 5.47. The van der Waals surface area contributed by atoms with Crippen molar-refractivity contribution >= 4 is 21.2 Å². The highest BCUT2D eigenvalue weighted by Gasteiger charge is 2.23. The molecule has 0 saturated carbocycles. The molecule has 0 N–H and O–H groups in total. The van der Waals surface area contributed by atoms with Gasteiger partial charge in [0.05, 0.1) is 11.2 Å². The predicted molar refractivity (Wildman–Crippen MR) is 58.5 cm³/mol. The minimum atomic E-state index is -3.09. The lowest BCUT2D eigenvalue weighted by molar-refractivity contribution is 0.503. The highest BCUT2D eigenvalue weighted by molar-refractivity contribution is 7.92. The van der Waals surface area contributed by atoms with Gasteiger partial charge in [0.1, 0.15) is 4.21 Å². The van der Waals surface area contributed by atoms with Crippen LogP contribution < -0.4 is 0 Å². The second kappa shape index (κ2) is 3.62. The summed E-state index contributed by atoms with van der Waals surface area (Å²) in [5, 5.41) is 0.889. The molecular weight excluding hydrogens is 218 g/mol. The first-order valence-corrected chi connectivity index (χ1v) is 7.14. The first-order valence-electron chi connectivity index (χ1n) is 4.44. The normalized spacial score (nSPS) is 13.1. The van der Waals surface area contributed by atoms with Crippen LogP contribution in [-0.2, 0) is 15.3 Å². The molecule has 0 saturated heterocycles. The summed E-state index contributed by atoms with van der Waals surface area (Å²) in [6, 6.07) is 0. The Labute approximate surface area is 89.1 Å². The van der Waals surface area contributed by atoms with E-state index in [0.717, 1.165) is 11.4 Å². The molecular formula is C9H15NO2S2. The molecule has 0 aliphatic rings.